The lowest BCUT2D eigenvalue weighted by atomic mass is 9.79. The predicted octanol–water partition coefficient (Wildman–Crippen LogP) is 5.49. The van der Waals surface area contributed by atoms with Gasteiger partial charge in [0.1, 0.15) is 11.5 Å². The highest BCUT2D eigenvalue weighted by atomic mass is 32.1. The third kappa shape index (κ3) is 4.70. The van der Waals surface area contributed by atoms with Crippen molar-refractivity contribution in [1.29, 1.82) is 0 Å². The maximum absolute atomic E-state index is 10.6. The van der Waals surface area contributed by atoms with Gasteiger partial charge in [0.2, 0.25) is 0 Å². The van der Waals surface area contributed by atoms with Gasteiger partial charge >= 0.3 is 0 Å². The van der Waals surface area contributed by atoms with Crippen LogP contribution in [0.3, 0.4) is 0 Å². The Bertz CT molecular complexity index is 484. The molecule has 0 radical (unpaired) electrons. The van der Waals surface area contributed by atoms with Crippen LogP contribution in [0.5, 0.6) is 11.5 Å². The Morgan fingerprint density at radius 2 is 1.48 bits per heavy atom. The van der Waals surface area contributed by atoms with Gasteiger partial charge in [-0.2, -0.15) is 0 Å². The van der Waals surface area contributed by atoms with Crippen LogP contribution in [0.4, 0.5) is 0 Å². The molecule has 0 saturated heterocycles. The fraction of sp³-hybridized carbons (Fsp3) is 0.611. The summed E-state index contributed by atoms with van der Waals surface area (Å²) in [6.45, 7) is 14.6. The van der Waals surface area contributed by atoms with E-state index in [1.807, 2.05) is 12.1 Å². The Morgan fingerprint density at radius 1 is 1.05 bits per heavy atom. The van der Waals surface area contributed by atoms with Crippen molar-refractivity contribution in [1.82, 2.24) is 0 Å². The first-order chi connectivity index (χ1) is 9.46. The first kappa shape index (κ1) is 18.0. The van der Waals surface area contributed by atoms with Gasteiger partial charge in [0.25, 0.3) is 0 Å². The lowest BCUT2D eigenvalue weighted by Crippen LogP contribution is -2.18. The molecule has 1 N–H and O–H groups in total. The van der Waals surface area contributed by atoms with E-state index in [0.29, 0.717) is 10.8 Å². The summed E-state index contributed by atoms with van der Waals surface area (Å²) in [6.07, 6.45) is 1.74. The number of benzene rings is 1. The molecular weight excluding hydrogens is 280 g/mol. The topological polar surface area (TPSA) is 29.5 Å². The van der Waals surface area contributed by atoms with Crippen LogP contribution in [-0.4, -0.2) is 10.2 Å². The highest BCUT2D eigenvalue weighted by Crippen LogP contribution is 2.41. The third-order valence-corrected chi connectivity index (χ3v) is 3.67. The fourth-order valence-electron chi connectivity index (χ4n) is 2.20. The molecule has 0 aliphatic rings. The van der Waals surface area contributed by atoms with Crippen molar-refractivity contribution >= 4 is 17.3 Å². The summed E-state index contributed by atoms with van der Waals surface area (Å²) in [7, 11) is 0. The molecule has 0 amide bonds. The zero-order valence-corrected chi connectivity index (χ0v) is 15.1. The van der Waals surface area contributed by atoms with Crippen LogP contribution >= 0.6 is 12.2 Å². The molecule has 1 aromatic rings. The Balaban J connectivity index is 3.37. The summed E-state index contributed by atoms with van der Waals surface area (Å²) in [5.74, 6) is 1.09. The van der Waals surface area contributed by atoms with Gasteiger partial charge in [-0.1, -0.05) is 48.5 Å². The minimum Gasteiger partial charge on any atom is -0.507 e. The predicted molar refractivity (Wildman–Crippen MR) is 93.6 cm³/mol. The zero-order valence-electron chi connectivity index (χ0n) is 14.3. The Labute approximate surface area is 134 Å². The Morgan fingerprint density at radius 3 is 1.81 bits per heavy atom. The molecule has 21 heavy (non-hydrogen) atoms. The van der Waals surface area contributed by atoms with Gasteiger partial charge in [-0.3, -0.25) is 0 Å². The molecule has 3 heteroatoms. The van der Waals surface area contributed by atoms with Crippen LogP contribution in [0.1, 0.15) is 72.4 Å². The normalized spacial score (nSPS) is 12.3. The van der Waals surface area contributed by atoms with E-state index in [0.717, 1.165) is 29.7 Å². The molecule has 0 aliphatic heterocycles. The van der Waals surface area contributed by atoms with Crippen LogP contribution < -0.4 is 4.74 Å². The molecule has 0 saturated carbocycles. The van der Waals surface area contributed by atoms with Gasteiger partial charge < -0.3 is 9.84 Å². The monoisotopic (exact) mass is 308 g/mol. The van der Waals surface area contributed by atoms with E-state index >= 15 is 0 Å². The lowest BCUT2D eigenvalue weighted by molar-refractivity contribution is 0.419. The van der Waals surface area contributed by atoms with Crippen LogP contribution in [-0.2, 0) is 10.8 Å². The van der Waals surface area contributed by atoms with E-state index in [-0.39, 0.29) is 10.8 Å². The molecule has 0 heterocycles. The molecule has 2 nitrogen and oxygen atoms in total. The summed E-state index contributed by atoms with van der Waals surface area (Å²) in [5.41, 5.74) is 1.47. The second kappa shape index (κ2) is 6.35. The van der Waals surface area contributed by atoms with Crippen molar-refractivity contribution in [2.45, 2.75) is 72.1 Å². The van der Waals surface area contributed by atoms with Gasteiger partial charge in [-0.05, 0) is 41.6 Å². The number of hydrogen-bond donors (Lipinski definition) is 1. The van der Waals surface area contributed by atoms with E-state index in [4.69, 9.17) is 17.0 Å². The van der Waals surface area contributed by atoms with Gasteiger partial charge in [0.15, 0.2) is 5.05 Å². The number of phenolic OH excluding ortho intramolecular Hbond substituents is 1. The standard InChI is InChI=1S/C18H28O2S/c1-8-9-15(21)20-12-10-13(17(2,3)4)16(19)14(11-12)18(5,6)7/h10-11,19H,8-9H2,1-7H3. The van der Waals surface area contributed by atoms with Crippen LogP contribution in [0.15, 0.2) is 12.1 Å². The summed E-state index contributed by atoms with van der Waals surface area (Å²) < 4.78 is 5.80. The van der Waals surface area contributed by atoms with Crippen molar-refractivity contribution < 1.29 is 9.84 Å². The first-order valence-corrected chi connectivity index (χ1v) is 7.96. The maximum atomic E-state index is 10.6. The molecule has 1 rings (SSSR count). The molecular formula is C18H28O2S. The minimum absolute atomic E-state index is 0.157. The third-order valence-electron chi connectivity index (χ3n) is 3.39. The van der Waals surface area contributed by atoms with Crippen molar-refractivity contribution in [2.75, 3.05) is 0 Å². The molecule has 0 aromatic heterocycles. The summed E-state index contributed by atoms with van der Waals surface area (Å²) in [4.78, 5) is 0. The van der Waals surface area contributed by atoms with E-state index < -0.39 is 0 Å². The smallest absolute Gasteiger partial charge is 0.167 e. The highest BCUT2D eigenvalue weighted by molar-refractivity contribution is 7.80. The van der Waals surface area contributed by atoms with Crippen LogP contribution in [0.25, 0.3) is 0 Å². The molecule has 0 bridgehead atoms. The number of rotatable bonds is 3. The van der Waals surface area contributed by atoms with Crippen LogP contribution in [0, 0.1) is 0 Å². The second-order valence-corrected chi connectivity index (χ2v) is 8.05. The lowest BCUT2D eigenvalue weighted by Gasteiger charge is -2.28. The average molecular weight is 308 g/mol. The quantitative estimate of drug-likeness (QED) is 0.748. The zero-order chi connectivity index (χ0) is 16.4. The summed E-state index contributed by atoms with van der Waals surface area (Å²) >= 11 is 5.26. The van der Waals surface area contributed by atoms with Crippen LogP contribution in [0.2, 0.25) is 0 Å². The molecule has 0 spiro atoms. The average Bonchev–Trinajstić information content (AvgIpc) is 2.28. The number of phenols is 1. The van der Waals surface area contributed by atoms with Gasteiger partial charge in [0, 0.05) is 17.5 Å². The van der Waals surface area contributed by atoms with Crippen molar-refractivity contribution in [2.24, 2.45) is 0 Å². The van der Waals surface area contributed by atoms with E-state index in [2.05, 4.69) is 48.5 Å². The van der Waals surface area contributed by atoms with Gasteiger partial charge in [0.05, 0.1) is 0 Å². The fourth-order valence-corrected chi connectivity index (χ4v) is 2.50. The summed E-state index contributed by atoms with van der Waals surface area (Å²) in [6, 6.07) is 3.82. The minimum atomic E-state index is -0.157. The molecule has 0 unspecified atom stereocenters. The van der Waals surface area contributed by atoms with Crippen molar-refractivity contribution in [3.8, 4) is 11.5 Å². The molecule has 0 fully saturated rings. The van der Waals surface area contributed by atoms with Gasteiger partial charge in [-0.15, -0.1) is 0 Å². The van der Waals surface area contributed by atoms with Crippen molar-refractivity contribution in [3.63, 3.8) is 0 Å². The molecule has 1 aromatic carbocycles. The number of aromatic hydroxyl groups is 1. The molecule has 118 valence electrons. The SMILES string of the molecule is CCCC(=S)Oc1cc(C(C)(C)C)c(O)c(C(C)(C)C)c1. The molecule has 0 atom stereocenters. The summed E-state index contributed by atoms with van der Waals surface area (Å²) in [5, 5.41) is 11.2. The molecule has 0 aliphatic carbocycles. The first-order valence-electron chi connectivity index (χ1n) is 7.55. The van der Waals surface area contributed by atoms with Crippen molar-refractivity contribution in [3.05, 3.63) is 23.3 Å². The second-order valence-electron chi connectivity index (χ2n) is 7.59. The van der Waals surface area contributed by atoms with E-state index in [1.54, 1.807) is 0 Å². The highest BCUT2D eigenvalue weighted by Gasteiger charge is 2.27. The van der Waals surface area contributed by atoms with Gasteiger partial charge in [-0.25, -0.2) is 0 Å². The Kier molecular flexibility index (Phi) is 5.43. The van der Waals surface area contributed by atoms with E-state index in [1.165, 1.54) is 0 Å². The van der Waals surface area contributed by atoms with E-state index in [9.17, 15) is 5.11 Å². The maximum Gasteiger partial charge on any atom is 0.167 e. The number of thiocarbonyl (C=S) groups is 1. The largest absolute Gasteiger partial charge is 0.507 e. The number of ether oxygens (including phenoxy) is 1. The number of hydrogen-bond acceptors (Lipinski definition) is 3. The Hall–Kier alpha value is -1.09.